The van der Waals surface area contributed by atoms with Crippen molar-refractivity contribution in [3.8, 4) is 11.5 Å². The molecule has 0 fully saturated rings. The Morgan fingerprint density at radius 3 is 2.75 bits per heavy atom. The molecular formula is C11H15NO4. The van der Waals surface area contributed by atoms with Crippen LogP contribution in [0.25, 0.3) is 0 Å². The summed E-state index contributed by atoms with van der Waals surface area (Å²) in [6.45, 7) is 0. The van der Waals surface area contributed by atoms with Crippen LogP contribution < -0.4 is 10.5 Å². The summed E-state index contributed by atoms with van der Waals surface area (Å²) in [6, 6.07) is 4.35. The Kier molecular flexibility index (Phi) is 4.13. The van der Waals surface area contributed by atoms with Crippen LogP contribution in [0, 0.1) is 0 Å². The molecule has 0 radical (unpaired) electrons. The maximum absolute atomic E-state index is 11.0. The molecule has 5 nitrogen and oxygen atoms in total. The molecule has 88 valence electrons. The van der Waals surface area contributed by atoms with Gasteiger partial charge in [0.25, 0.3) is 0 Å². The van der Waals surface area contributed by atoms with Gasteiger partial charge in [0.1, 0.15) is 0 Å². The summed E-state index contributed by atoms with van der Waals surface area (Å²) in [7, 11) is 2.74. The standard InChI is InChI=1S/C11H15NO4/c1-15-9-5-3-4-7(11(9)14)8(12)6-10(13)16-2/h3-5,8,14H,6,12H2,1-2H3/t8-/m0/s1. The van der Waals surface area contributed by atoms with E-state index in [1.165, 1.54) is 14.2 Å². The van der Waals surface area contributed by atoms with Gasteiger partial charge in [0.15, 0.2) is 11.5 Å². The fraction of sp³-hybridized carbons (Fsp3) is 0.364. The van der Waals surface area contributed by atoms with E-state index in [2.05, 4.69) is 4.74 Å². The highest BCUT2D eigenvalue weighted by Gasteiger charge is 2.17. The van der Waals surface area contributed by atoms with Gasteiger partial charge < -0.3 is 20.3 Å². The van der Waals surface area contributed by atoms with Crippen LogP contribution >= 0.6 is 0 Å². The van der Waals surface area contributed by atoms with Crippen LogP contribution in [0.3, 0.4) is 0 Å². The third kappa shape index (κ3) is 2.64. The number of hydrogen-bond donors (Lipinski definition) is 2. The van der Waals surface area contributed by atoms with Crippen LogP contribution in [0.1, 0.15) is 18.0 Å². The lowest BCUT2D eigenvalue weighted by Gasteiger charge is -2.14. The van der Waals surface area contributed by atoms with Gasteiger partial charge in [-0.15, -0.1) is 0 Å². The monoisotopic (exact) mass is 225 g/mol. The van der Waals surface area contributed by atoms with Crippen molar-refractivity contribution < 1.29 is 19.4 Å². The summed E-state index contributed by atoms with van der Waals surface area (Å²) in [5, 5.41) is 9.79. The van der Waals surface area contributed by atoms with Crippen molar-refractivity contribution in [1.82, 2.24) is 0 Å². The number of phenols is 1. The van der Waals surface area contributed by atoms with Gasteiger partial charge in [-0.3, -0.25) is 4.79 Å². The van der Waals surface area contributed by atoms with Crippen LogP contribution in [0.15, 0.2) is 18.2 Å². The zero-order valence-corrected chi connectivity index (χ0v) is 9.27. The number of rotatable bonds is 4. The molecule has 1 rings (SSSR count). The minimum atomic E-state index is -0.609. The van der Waals surface area contributed by atoms with Gasteiger partial charge in [-0.25, -0.2) is 0 Å². The molecule has 0 aromatic heterocycles. The Morgan fingerprint density at radius 2 is 2.19 bits per heavy atom. The average Bonchev–Trinajstić information content (AvgIpc) is 2.29. The smallest absolute Gasteiger partial charge is 0.307 e. The number of esters is 1. The van der Waals surface area contributed by atoms with Crippen LogP contribution in [-0.2, 0) is 9.53 Å². The number of carbonyl (C=O) groups excluding carboxylic acids is 1. The maximum Gasteiger partial charge on any atom is 0.307 e. The topological polar surface area (TPSA) is 81.8 Å². The fourth-order valence-corrected chi connectivity index (χ4v) is 1.38. The summed E-state index contributed by atoms with van der Waals surface area (Å²) >= 11 is 0. The maximum atomic E-state index is 11.0. The first-order valence-corrected chi connectivity index (χ1v) is 4.78. The average molecular weight is 225 g/mol. The molecule has 3 N–H and O–H groups in total. The number of hydrogen-bond acceptors (Lipinski definition) is 5. The van der Waals surface area contributed by atoms with E-state index in [0.717, 1.165) is 0 Å². The first-order valence-electron chi connectivity index (χ1n) is 4.78. The minimum absolute atomic E-state index is 0.0111. The number of aromatic hydroxyl groups is 1. The quantitative estimate of drug-likeness (QED) is 0.746. The van der Waals surface area contributed by atoms with Crippen molar-refractivity contribution in [2.45, 2.75) is 12.5 Å². The molecule has 0 unspecified atom stereocenters. The first-order chi connectivity index (χ1) is 7.60. The molecule has 0 bridgehead atoms. The first kappa shape index (κ1) is 12.3. The number of benzene rings is 1. The zero-order chi connectivity index (χ0) is 12.1. The zero-order valence-electron chi connectivity index (χ0n) is 9.27. The highest BCUT2D eigenvalue weighted by Crippen LogP contribution is 2.33. The molecule has 0 saturated heterocycles. The lowest BCUT2D eigenvalue weighted by molar-refractivity contribution is -0.141. The second-order valence-electron chi connectivity index (χ2n) is 3.28. The van der Waals surface area contributed by atoms with Crippen molar-refractivity contribution >= 4 is 5.97 Å². The molecule has 1 aromatic rings. The van der Waals surface area contributed by atoms with E-state index < -0.39 is 12.0 Å². The second-order valence-corrected chi connectivity index (χ2v) is 3.28. The van der Waals surface area contributed by atoms with Crippen molar-refractivity contribution in [1.29, 1.82) is 0 Å². The SMILES string of the molecule is COC(=O)C[C@H](N)c1cccc(OC)c1O. The van der Waals surface area contributed by atoms with Gasteiger partial charge in [-0.05, 0) is 6.07 Å². The van der Waals surface area contributed by atoms with Gasteiger partial charge >= 0.3 is 5.97 Å². The molecule has 0 spiro atoms. The number of para-hydroxylation sites is 1. The molecular weight excluding hydrogens is 210 g/mol. The second kappa shape index (κ2) is 5.37. The lowest BCUT2D eigenvalue weighted by Crippen LogP contribution is -2.16. The summed E-state index contributed by atoms with van der Waals surface area (Å²) in [5.41, 5.74) is 6.24. The Hall–Kier alpha value is -1.75. The summed E-state index contributed by atoms with van der Waals surface area (Å²) in [4.78, 5) is 11.0. The molecule has 1 atom stereocenters. The summed E-state index contributed by atoms with van der Waals surface area (Å²) in [6.07, 6.45) is 0.0111. The van der Waals surface area contributed by atoms with E-state index >= 15 is 0 Å². The normalized spacial score (nSPS) is 11.9. The van der Waals surface area contributed by atoms with Crippen LogP contribution in [0.2, 0.25) is 0 Å². The highest BCUT2D eigenvalue weighted by atomic mass is 16.5. The van der Waals surface area contributed by atoms with Crippen LogP contribution in [0.4, 0.5) is 0 Å². The van der Waals surface area contributed by atoms with E-state index in [1.807, 2.05) is 0 Å². The minimum Gasteiger partial charge on any atom is -0.504 e. The van der Waals surface area contributed by atoms with E-state index in [1.54, 1.807) is 18.2 Å². The van der Waals surface area contributed by atoms with E-state index in [-0.39, 0.29) is 12.2 Å². The number of ether oxygens (including phenoxy) is 2. The van der Waals surface area contributed by atoms with Crippen molar-refractivity contribution in [2.24, 2.45) is 5.73 Å². The van der Waals surface area contributed by atoms with Crippen molar-refractivity contribution in [2.75, 3.05) is 14.2 Å². The molecule has 0 heterocycles. The Balaban J connectivity index is 2.91. The van der Waals surface area contributed by atoms with Gasteiger partial charge in [-0.1, -0.05) is 12.1 Å². The molecule has 16 heavy (non-hydrogen) atoms. The predicted molar refractivity (Wildman–Crippen MR) is 58.2 cm³/mol. The van der Waals surface area contributed by atoms with E-state index in [9.17, 15) is 9.90 Å². The third-order valence-corrected chi connectivity index (χ3v) is 2.26. The predicted octanol–water partition coefficient (Wildman–Crippen LogP) is 0.964. The van der Waals surface area contributed by atoms with Crippen molar-refractivity contribution in [3.05, 3.63) is 23.8 Å². The fourth-order valence-electron chi connectivity index (χ4n) is 1.38. The molecule has 1 aromatic carbocycles. The number of carbonyl (C=O) groups is 1. The van der Waals surface area contributed by atoms with Gasteiger partial charge in [0.05, 0.1) is 20.6 Å². The van der Waals surface area contributed by atoms with Gasteiger partial charge in [0, 0.05) is 11.6 Å². The molecule has 5 heteroatoms. The van der Waals surface area contributed by atoms with Crippen LogP contribution in [-0.4, -0.2) is 25.3 Å². The van der Waals surface area contributed by atoms with Crippen molar-refractivity contribution in [3.63, 3.8) is 0 Å². The Bertz CT molecular complexity index is 378. The van der Waals surface area contributed by atoms with Crippen LogP contribution in [0.5, 0.6) is 11.5 Å². The van der Waals surface area contributed by atoms with E-state index in [4.69, 9.17) is 10.5 Å². The number of phenolic OH excluding ortho intramolecular Hbond substituents is 1. The van der Waals surface area contributed by atoms with E-state index in [0.29, 0.717) is 11.3 Å². The molecule has 0 amide bonds. The largest absolute Gasteiger partial charge is 0.504 e. The molecule has 0 aliphatic heterocycles. The third-order valence-electron chi connectivity index (χ3n) is 2.26. The highest BCUT2D eigenvalue weighted by molar-refractivity contribution is 5.70. The lowest BCUT2D eigenvalue weighted by atomic mass is 10.0. The summed E-state index contributed by atoms with van der Waals surface area (Å²) < 4.78 is 9.45. The van der Waals surface area contributed by atoms with Gasteiger partial charge in [0.2, 0.25) is 0 Å². The van der Waals surface area contributed by atoms with Gasteiger partial charge in [-0.2, -0.15) is 0 Å². The molecule has 0 saturated carbocycles. The number of nitrogens with two attached hydrogens (primary N) is 1. The Morgan fingerprint density at radius 1 is 1.50 bits per heavy atom. The molecule has 0 aliphatic carbocycles. The summed E-state index contributed by atoms with van der Waals surface area (Å²) in [5.74, 6) is -0.131. The molecule has 0 aliphatic rings. The Labute approximate surface area is 93.8 Å². The number of methoxy groups -OCH3 is 2.